The summed E-state index contributed by atoms with van der Waals surface area (Å²) in [5, 5.41) is 11.3. The van der Waals surface area contributed by atoms with Gasteiger partial charge in [-0.1, -0.05) is 6.07 Å². The number of hydrogen-bond acceptors (Lipinski definition) is 5. The maximum Gasteiger partial charge on any atom is 0.243 e. The summed E-state index contributed by atoms with van der Waals surface area (Å²) in [6.07, 6.45) is 1.77. The Morgan fingerprint density at radius 2 is 2.05 bits per heavy atom. The number of piperazine rings is 1. The van der Waals surface area contributed by atoms with Crippen molar-refractivity contribution in [2.24, 2.45) is 0 Å². The van der Waals surface area contributed by atoms with Crippen molar-refractivity contribution in [3.8, 4) is 0 Å². The summed E-state index contributed by atoms with van der Waals surface area (Å²) >= 11 is 1.80. The van der Waals surface area contributed by atoms with E-state index in [-0.39, 0.29) is 18.1 Å². The van der Waals surface area contributed by atoms with Gasteiger partial charge < -0.3 is 10.0 Å². The molecule has 2 aliphatic heterocycles. The summed E-state index contributed by atoms with van der Waals surface area (Å²) in [4.78, 5) is 20.8. The van der Waals surface area contributed by atoms with Crippen LogP contribution >= 0.6 is 11.3 Å². The lowest BCUT2D eigenvalue weighted by Crippen LogP contribution is -2.67. The van der Waals surface area contributed by atoms with Crippen molar-refractivity contribution in [1.29, 1.82) is 0 Å². The standard InChI is InChI=1S/C16H25N3O2S/c1-17-8-9-19(10-11-20)15(21)16(17)4-6-18(7-5-16)13-14-3-2-12-22-14/h2-3,12,20H,4-11,13H2,1H3. The zero-order valence-electron chi connectivity index (χ0n) is 13.2. The van der Waals surface area contributed by atoms with Crippen molar-refractivity contribution in [2.45, 2.75) is 24.9 Å². The van der Waals surface area contributed by atoms with Crippen LogP contribution in [0.2, 0.25) is 0 Å². The van der Waals surface area contributed by atoms with Gasteiger partial charge in [0.05, 0.1) is 6.61 Å². The Morgan fingerprint density at radius 3 is 2.68 bits per heavy atom. The monoisotopic (exact) mass is 323 g/mol. The molecule has 1 spiro atoms. The highest BCUT2D eigenvalue weighted by molar-refractivity contribution is 7.09. The van der Waals surface area contributed by atoms with Crippen LogP contribution in [0.1, 0.15) is 17.7 Å². The zero-order valence-corrected chi connectivity index (χ0v) is 14.0. The van der Waals surface area contributed by atoms with E-state index < -0.39 is 0 Å². The summed E-state index contributed by atoms with van der Waals surface area (Å²) < 4.78 is 0. The molecule has 1 N–H and O–H groups in total. The molecule has 2 aliphatic rings. The maximum atomic E-state index is 12.9. The van der Waals surface area contributed by atoms with Gasteiger partial charge in [-0.3, -0.25) is 14.6 Å². The van der Waals surface area contributed by atoms with E-state index >= 15 is 0 Å². The Balaban J connectivity index is 1.65. The first-order valence-electron chi connectivity index (χ1n) is 8.02. The van der Waals surface area contributed by atoms with E-state index in [4.69, 9.17) is 5.11 Å². The van der Waals surface area contributed by atoms with Crippen LogP contribution in [-0.2, 0) is 11.3 Å². The van der Waals surface area contributed by atoms with Gasteiger partial charge in [0.15, 0.2) is 0 Å². The number of β-amino-alcohol motifs (C(OH)–C–C–N with tert-alkyl or cyclic N) is 1. The third-order valence-corrected chi connectivity index (χ3v) is 6.00. The van der Waals surface area contributed by atoms with Gasteiger partial charge in [0.2, 0.25) is 5.91 Å². The minimum atomic E-state index is -0.348. The van der Waals surface area contributed by atoms with Crippen LogP contribution in [0.15, 0.2) is 17.5 Å². The Labute approximate surface area is 136 Å². The molecule has 6 heteroatoms. The third kappa shape index (κ3) is 2.93. The summed E-state index contributed by atoms with van der Waals surface area (Å²) in [6.45, 7) is 5.06. The van der Waals surface area contributed by atoms with E-state index in [2.05, 4.69) is 34.4 Å². The number of likely N-dealkylation sites (tertiary alicyclic amines) is 1. The highest BCUT2D eigenvalue weighted by Gasteiger charge is 2.48. The second-order valence-corrected chi connectivity index (χ2v) is 7.36. The quantitative estimate of drug-likeness (QED) is 0.892. The Kier molecular flexibility index (Phi) is 4.82. The number of rotatable bonds is 4. The van der Waals surface area contributed by atoms with Gasteiger partial charge in [0.1, 0.15) is 5.54 Å². The number of aliphatic hydroxyl groups is 1. The molecular weight excluding hydrogens is 298 g/mol. The smallest absolute Gasteiger partial charge is 0.243 e. The van der Waals surface area contributed by atoms with Gasteiger partial charge in [0.25, 0.3) is 0 Å². The number of likely N-dealkylation sites (N-methyl/N-ethyl adjacent to an activating group) is 1. The lowest BCUT2D eigenvalue weighted by Gasteiger charge is -2.51. The number of amides is 1. The highest BCUT2D eigenvalue weighted by Crippen LogP contribution is 2.33. The molecule has 0 bridgehead atoms. The fraction of sp³-hybridized carbons (Fsp3) is 0.688. The molecule has 1 aromatic rings. The highest BCUT2D eigenvalue weighted by atomic mass is 32.1. The van der Waals surface area contributed by atoms with E-state index in [1.165, 1.54) is 4.88 Å². The van der Waals surface area contributed by atoms with Crippen molar-refractivity contribution in [3.05, 3.63) is 22.4 Å². The second kappa shape index (κ2) is 6.66. The lowest BCUT2D eigenvalue weighted by molar-refractivity contribution is -0.154. The normalized spacial score (nSPS) is 23.4. The molecule has 0 radical (unpaired) electrons. The minimum absolute atomic E-state index is 0.0516. The number of aliphatic hydroxyl groups excluding tert-OH is 1. The largest absolute Gasteiger partial charge is 0.395 e. The average Bonchev–Trinajstić information content (AvgIpc) is 3.03. The van der Waals surface area contributed by atoms with Crippen molar-refractivity contribution in [2.75, 3.05) is 46.4 Å². The van der Waals surface area contributed by atoms with Crippen LogP contribution in [0.4, 0.5) is 0 Å². The lowest BCUT2D eigenvalue weighted by atomic mass is 9.82. The van der Waals surface area contributed by atoms with E-state index in [1.54, 1.807) is 11.3 Å². The van der Waals surface area contributed by atoms with Crippen LogP contribution in [-0.4, -0.2) is 77.6 Å². The molecule has 0 aromatic carbocycles. The Morgan fingerprint density at radius 1 is 1.27 bits per heavy atom. The van der Waals surface area contributed by atoms with E-state index in [0.717, 1.165) is 45.6 Å². The zero-order chi connectivity index (χ0) is 15.6. The number of carbonyl (C=O) groups is 1. The summed E-state index contributed by atoms with van der Waals surface area (Å²) in [5.41, 5.74) is -0.348. The number of carbonyl (C=O) groups excluding carboxylic acids is 1. The molecule has 2 saturated heterocycles. The van der Waals surface area contributed by atoms with E-state index in [1.807, 2.05) is 4.90 Å². The van der Waals surface area contributed by atoms with Crippen molar-refractivity contribution >= 4 is 17.2 Å². The maximum absolute atomic E-state index is 12.9. The number of piperidine rings is 1. The molecule has 3 rings (SSSR count). The molecule has 0 aliphatic carbocycles. The molecule has 1 amide bonds. The second-order valence-electron chi connectivity index (χ2n) is 6.32. The minimum Gasteiger partial charge on any atom is -0.395 e. The topological polar surface area (TPSA) is 47.0 Å². The molecule has 0 atom stereocenters. The van der Waals surface area contributed by atoms with Gasteiger partial charge in [-0.25, -0.2) is 0 Å². The van der Waals surface area contributed by atoms with Crippen molar-refractivity contribution in [1.82, 2.24) is 14.7 Å². The molecule has 0 unspecified atom stereocenters. The van der Waals surface area contributed by atoms with Crippen LogP contribution in [0.3, 0.4) is 0 Å². The third-order valence-electron chi connectivity index (χ3n) is 5.13. The fourth-order valence-electron chi connectivity index (χ4n) is 3.68. The molecule has 0 saturated carbocycles. The van der Waals surface area contributed by atoms with Crippen molar-refractivity contribution in [3.63, 3.8) is 0 Å². The van der Waals surface area contributed by atoms with E-state index in [0.29, 0.717) is 6.54 Å². The van der Waals surface area contributed by atoms with E-state index in [9.17, 15) is 4.79 Å². The van der Waals surface area contributed by atoms with Crippen LogP contribution in [0.25, 0.3) is 0 Å². The predicted molar refractivity (Wildman–Crippen MR) is 87.9 cm³/mol. The van der Waals surface area contributed by atoms with Gasteiger partial charge in [-0.2, -0.15) is 0 Å². The Hall–Kier alpha value is -0.950. The first-order valence-corrected chi connectivity index (χ1v) is 8.90. The van der Waals surface area contributed by atoms with Gasteiger partial charge in [-0.05, 0) is 31.3 Å². The molecule has 122 valence electrons. The molecular formula is C16H25N3O2S. The van der Waals surface area contributed by atoms with Gasteiger partial charge in [-0.15, -0.1) is 11.3 Å². The molecule has 1 aromatic heterocycles. The van der Waals surface area contributed by atoms with Crippen LogP contribution < -0.4 is 0 Å². The molecule has 3 heterocycles. The van der Waals surface area contributed by atoms with Crippen molar-refractivity contribution < 1.29 is 9.90 Å². The van der Waals surface area contributed by atoms with Crippen LogP contribution in [0.5, 0.6) is 0 Å². The first kappa shape index (κ1) is 15.9. The summed E-state index contributed by atoms with van der Waals surface area (Å²) in [7, 11) is 2.07. The molecule has 2 fully saturated rings. The molecule has 22 heavy (non-hydrogen) atoms. The average molecular weight is 323 g/mol. The Bertz CT molecular complexity index is 497. The number of thiophene rings is 1. The fourth-order valence-corrected chi connectivity index (χ4v) is 4.42. The van der Waals surface area contributed by atoms with Gasteiger partial charge in [0, 0.05) is 44.1 Å². The SMILES string of the molecule is CN1CCN(CCO)C(=O)C12CCN(Cc1cccs1)CC2. The molecule has 5 nitrogen and oxygen atoms in total. The summed E-state index contributed by atoms with van der Waals surface area (Å²) in [6, 6.07) is 4.27. The van der Waals surface area contributed by atoms with Crippen LogP contribution in [0, 0.1) is 0 Å². The summed E-state index contributed by atoms with van der Waals surface area (Å²) in [5.74, 6) is 0.214. The van der Waals surface area contributed by atoms with Gasteiger partial charge >= 0.3 is 0 Å². The first-order chi connectivity index (χ1) is 10.7. The number of hydrogen-bond donors (Lipinski definition) is 1. The predicted octanol–water partition coefficient (Wildman–Crippen LogP) is 0.849. The number of nitrogens with zero attached hydrogens (tertiary/aromatic N) is 3.